The Hall–Kier alpha value is -2.56. The number of carbonyl (C=O) groups excluding carboxylic acids is 2. The van der Waals surface area contributed by atoms with Crippen molar-refractivity contribution in [3.63, 3.8) is 0 Å². The van der Waals surface area contributed by atoms with Gasteiger partial charge in [-0.3, -0.25) is 9.59 Å². The molecule has 2 aliphatic carbocycles. The summed E-state index contributed by atoms with van der Waals surface area (Å²) >= 11 is 5.66. The molecule has 11 heteroatoms. The van der Waals surface area contributed by atoms with Gasteiger partial charge < -0.3 is 15.3 Å². The van der Waals surface area contributed by atoms with Gasteiger partial charge in [0, 0.05) is 23.4 Å². The van der Waals surface area contributed by atoms with Gasteiger partial charge in [-0.05, 0) is 61.9 Å². The number of sulfone groups is 1. The molecule has 7 nitrogen and oxygen atoms in total. The Morgan fingerprint density at radius 3 is 2.54 bits per heavy atom. The Morgan fingerprint density at radius 2 is 1.89 bits per heavy atom. The summed E-state index contributed by atoms with van der Waals surface area (Å²) in [5, 5.41) is 13.0. The molecule has 0 unspecified atom stereocenters. The van der Waals surface area contributed by atoms with Gasteiger partial charge in [0.2, 0.25) is 5.91 Å². The number of nitrogens with one attached hydrogen (secondary N) is 1. The first-order chi connectivity index (χ1) is 16.4. The van der Waals surface area contributed by atoms with Gasteiger partial charge in [0.25, 0.3) is 5.91 Å². The Kier molecular flexibility index (Phi) is 5.69. The van der Waals surface area contributed by atoms with E-state index in [0.29, 0.717) is 19.3 Å². The lowest BCUT2D eigenvalue weighted by molar-refractivity contribution is -0.127. The lowest BCUT2D eigenvalue weighted by Gasteiger charge is -2.31. The third-order valence-corrected chi connectivity index (χ3v) is 8.49. The van der Waals surface area contributed by atoms with Crippen molar-refractivity contribution < 1.29 is 31.9 Å². The van der Waals surface area contributed by atoms with Gasteiger partial charge in [-0.1, -0.05) is 17.7 Å². The molecule has 2 saturated carbocycles. The van der Waals surface area contributed by atoms with Crippen molar-refractivity contribution in [2.24, 2.45) is 5.92 Å². The van der Waals surface area contributed by atoms with Crippen LogP contribution in [0.4, 0.5) is 8.78 Å². The van der Waals surface area contributed by atoms with E-state index >= 15 is 0 Å². The summed E-state index contributed by atoms with van der Waals surface area (Å²) in [5.41, 5.74) is -1.51. The number of rotatable bonds is 6. The molecule has 0 radical (unpaired) electrons. The number of aliphatic hydroxyl groups is 1. The molecule has 1 saturated heterocycles. The molecule has 2 aromatic carbocycles. The molecular formula is C24H23ClF2N2O5S. The van der Waals surface area contributed by atoms with Crippen molar-refractivity contribution in [1.29, 1.82) is 0 Å². The third-order valence-electron chi connectivity index (χ3n) is 7.09. The fourth-order valence-electron chi connectivity index (χ4n) is 4.91. The van der Waals surface area contributed by atoms with E-state index < -0.39 is 56.0 Å². The van der Waals surface area contributed by atoms with E-state index in [9.17, 15) is 31.9 Å². The van der Waals surface area contributed by atoms with Gasteiger partial charge in [-0.2, -0.15) is 0 Å². The molecule has 4 atom stereocenters. The SMILES string of the molecule is CS(=O)(=O)c1cccc(C(=O)N2[C@@H](C(=O)N[C@@H](c3cc(F)c(Cl)cc3F)C3(O)CC3)C[C@H]3C[C@H]32)c1. The van der Waals surface area contributed by atoms with Crippen LogP contribution in [0.3, 0.4) is 0 Å². The molecule has 0 spiro atoms. The van der Waals surface area contributed by atoms with Crippen molar-refractivity contribution in [2.75, 3.05) is 6.26 Å². The number of amides is 2. The molecule has 0 aromatic heterocycles. The van der Waals surface area contributed by atoms with Crippen LogP contribution in [0.2, 0.25) is 5.02 Å². The molecule has 3 fully saturated rings. The smallest absolute Gasteiger partial charge is 0.254 e. The summed E-state index contributed by atoms with van der Waals surface area (Å²) < 4.78 is 52.6. The maximum Gasteiger partial charge on any atom is 0.254 e. The highest BCUT2D eigenvalue weighted by molar-refractivity contribution is 7.90. The lowest BCUT2D eigenvalue weighted by Crippen LogP contribution is -2.50. The van der Waals surface area contributed by atoms with Crippen LogP contribution in [0.15, 0.2) is 41.3 Å². The Balaban J connectivity index is 1.42. The predicted molar refractivity (Wildman–Crippen MR) is 122 cm³/mol. The number of halogens is 3. The summed E-state index contributed by atoms with van der Waals surface area (Å²) in [6, 6.07) is 5.02. The van der Waals surface area contributed by atoms with Crippen molar-refractivity contribution in [1.82, 2.24) is 10.2 Å². The van der Waals surface area contributed by atoms with Gasteiger partial charge >= 0.3 is 0 Å². The van der Waals surface area contributed by atoms with Crippen LogP contribution in [0.5, 0.6) is 0 Å². The Labute approximate surface area is 206 Å². The standard InChI is InChI=1S/C24H23ClF2N2O5S/c1-35(33,34)14-4-2-3-12(7-14)23(31)29-19-8-13(19)9-20(29)22(30)28-21(24(32)5-6-24)15-10-18(27)16(25)11-17(15)26/h2-4,7,10-11,13,19-21,32H,5-6,8-9H2,1H3,(H,28,30)/t13-,19-,20-,21+/m1/s1. The number of nitrogens with zero attached hydrogens (tertiary/aromatic N) is 1. The van der Waals surface area contributed by atoms with Gasteiger partial charge in [0.15, 0.2) is 9.84 Å². The highest BCUT2D eigenvalue weighted by atomic mass is 35.5. The minimum Gasteiger partial charge on any atom is -0.387 e. The first-order valence-electron chi connectivity index (χ1n) is 11.2. The average molecular weight is 525 g/mol. The zero-order valence-corrected chi connectivity index (χ0v) is 20.2. The van der Waals surface area contributed by atoms with Gasteiger partial charge in [0.1, 0.15) is 17.7 Å². The molecular weight excluding hydrogens is 502 g/mol. The predicted octanol–water partition coefficient (Wildman–Crippen LogP) is 3.01. The molecule has 186 valence electrons. The number of hydrogen-bond donors (Lipinski definition) is 2. The minimum absolute atomic E-state index is 0.00726. The van der Waals surface area contributed by atoms with E-state index in [1.165, 1.54) is 29.2 Å². The highest BCUT2D eigenvalue weighted by Crippen LogP contribution is 2.50. The maximum atomic E-state index is 14.7. The Morgan fingerprint density at radius 1 is 1.17 bits per heavy atom. The number of fused-ring (bicyclic) bond motifs is 1. The molecule has 1 heterocycles. The van der Waals surface area contributed by atoms with Crippen LogP contribution in [-0.4, -0.2) is 54.2 Å². The molecule has 1 aliphatic heterocycles. The Bertz CT molecular complexity index is 1350. The number of benzene rings is 2. The van der Waals surface area contributed by atoms with Crippen molar-refractivity contribution >= 4 is 33.3 Å². The molecule has 2 amide bonds. The number of piperidine rings is 1. The van der Waals surface area contributed by atoms with E-state index in [-0.39, 0.29) is 28.0 Å². The van der Waals surface area contributed by atoms with Gasteiger partial charge in [-0.25, -0.2) is 17.2 Å². The van der Waals surface area contributed by atoms with Crippen LogP contribution >= 0.6 is 11.6 Å². The summed E-state index contributed by atoms with van der Waals surface area (Å²) in [6.45, 7) is 0. The third kappa shape index (κ3) is 4.43. The molecule has 35 heavy (non-hydrogen) atoms. The van der Waals surface area contributed by atoms with Crippen LogP contribution in [0, 0.1) is 17.6 Å². The monoisotopic (exact) mass is 524 g/mol. The van der Waals surface area contributed by atoms with Crippen LogP contribution in [0.1, 0.15) is 47.6 Å². The van der Waals surface area contributed by atoms with Crippen LogP contribution in [0.25, 0.3) is 0 Å². The van der Waals surface area contributed by atoms with Gasteiger partial charge in [0.05, 0.1) is 21.6 Å². The summed E-state index contributed by atoms with van der Waals surface area (Å²) in [6.07, 6.45) is 2.74. The van der Waals surface area contributed by atoms with E-state index in [2.05, 4.69) is 5.32 Å². The number of likely N-dealkylation sites (tertiary alicyclic amines) is 1. The first-order valence-corrected chi connectivity index (χ1v) is 13.5. The maximum absolute atomic E-state index is 14.7. The zero-order chi connectivity index (χ0) is 25.3. The van der Waals surface area contributed by atoms with E-state index in [0.717, 1.165) is 24.8 Å². The summed E-state index contributed by atoms with van der Waals surface area (Å²) in [4.78, 5) is 28.1. The quantitative estimate of drug-likeness (QED) is 0.565. The second-order valence-electron chi connectivity index (χ2n) is 9.66. The highest BCUT2D eigenvalue weighted by Gasteiger charge is 2.57. The van der Waals surface area contributed by atoms with E-state index in [1.54, 1.807) is 0 Å². The van der Waals surface area contributed by atoms with Crippen LogP contribution in [-0.2, 0) is 14.6 Å². The molecule has 3 aliphatic rings. The van der Waals surface area contributed by atoms with E-state index in [4.69, 9.17) is 11.6 Å². The fraction of sp³-hybridized carbons (Fsp3) is 0.417. The molecule has 2 aromatic rings. The molecule has 2 N–H and O–H groups in total. The lowest BCUT2D eigenvalue weighted by atomic mass is 9.97. The summed E-state index contributed by atoms with van der Waals surface area (Å²) in [5.74, 6) is -2.69. The molecule has 5 rings (SSSR count). The van der Waals surface area contributed by atoms with Gasteiger partial charge in [-0.15, -0.1) is 0 Å². The number of carbonyl (C=O) groups is 2. The largest absolute Gasteiger partial charge is 0.387 e. The second kappa shape index (κ2) is 8.25. The normalized spacial score (nSPS) is 25.1. The average Bonchev–Trinajstić information content (AvgIpc) is 3.71. The molecule has 0 bridgehead atoms. The van der Waals surface area contributed by atoms with Crippen molar-refractivity contribution in [3.8, 4) is 0 Å². The van der Waals surface area contributed by atoms with E-state index in [1.807, 2.05) is 0 Å². The van der Waals surface area contributed by atoms with Crippen molar-refractivity contribution in [3.05, 3.63) is 64.2 Å². The van der Waals surface area contributed by atoms with Crippen LogP contribution < -0.4 is 5.32 Å². The minimum atomic E-state index is -3.54. The summed E-state index contributed by atoms with van der Waals surface area (Å²) in [7, 11) is -3.54. The first kappa shape index (κ1) is 24.1. The zero-order valence-electron chi connectivity index (χ0n) is 18.7. The fourth-order valence-corrected chi connectivity index (χ4v) is 5.72. The number of hydrogen-bond acceptors (Lipinski definition) is 5. The second-order valence-corrected chi connectivity index (χ2v) is 12.1. The van der Waals surface area contributed by atoms with Crippen molar-refractivity contribution in [2.45, 2.75) is 54.3 Å². The topological polar surface area (TPSA) is 104 Å².